The van der Waals surface area contributed by atoms with Gasteiger partial charge < -0.3 is 0 Å². The Morgan fingerprint density at radius 1 is 1.24 bits per heavy atom. The van der Waals surface area contributed by atoms with E-state index < -0.39 is 0 Å². The maximum Gasteiger partial charge on any atom is 0.0892 e. The quantitative estimate of drug-likeness (QED) is 0.700. The van der Waals surface area contributed by atoms with Crippen LogP contribution in [0.25, 0.3) is 5.70 Å². The summed E-state index contributed by atoms with van der Waals surface area (Å²) in [7, 11) is 0. The first kappa shape index (κ1) is 13.9. The fourth-order valence-electron chi connectivity index (χ4n) is 1.49. The van der Waals surface area contributed by atoms with Crippen LogP contribution in [0.5, 0.6) is 0 Å². The van der Waals surface area contributed by atoms with Gasteiger partial charge in [0.1, 0.15) is 0 Å². The number of hydrogen-bond acceptors (Lipinski definition) is 2. The highest BCUT2D eigenvalue weighted by Crippen LogP contribution is 2.36. The molecular weight excluding hydrogens is 255 g/mol. The van der Waals surface area contributed by atoms with Gasteiger partial charge in [-0.3, -0.25) is 9.98 Å². The van der Waals surface area contributed by atoms with Crippen molar-refractivity contribution in [3.05, 3.63) is 39.5 Å². The van der Waals surface area contributed by atoms with E-state index in [0.717, 1.165) is 5.56 Å². The molecule has 0 heterocycles. The van der Waals surface area contributed by atoms with Gasteiger partial charge in [0.25, 0.3) is 0 Å². The van der Waals surface area contributed by atoms with E-state index >= 15 is 0 Å². The van der Waals surface area contributed by atoms with Crippen molar-refractivity contribution >= 4 is 42.3 Å². The fraction of sp³-hybridized carbons (Fsp3) is 0.231. The zero-order valence-corrected chi connectivity index (χ0v) is 11.4. The Bertz CT molecular complexity index is 477. The van der Waals surface area contributed by atoms with E-state index in [1.165, 1.54) is 6.20 Å². The van der Waals surface area contributed by atoms with Gasteiger partial charge >= 0.3 is 0 Å². The van der Waals surface area contributed by atoms with Gasteiger partial charge in [0.15, 0.2) is 0 Å². The van der Waals surface area contributed by atoms with Gasteiger partial charge in [-0.15, -0.1) is 0 Å². The first-order valence-electron chi connectivity index (χ1n) is 5.13. The fourth-order valence-corrected chi connectivity index (χ4v) is 2.14. The van der Waals surface area contributed by atoms with Gasteiger partial charge in [0, 0.05) is 5.56 Å². The molecule has 1 aromatic rings. The highest BCUT2D eigenvalue weighted by Gasteiger charge is 2.14. The highest BCUT2D eigenvalue weighted by atomic mass is 35.5. The average molecular weight is 269 g/mol. The molecule has 0 aromatic heterocycles. The van der Waals surface area contributed by atoms with Crippen LogP contribution >= 0.6 is 23.2 Å². The molecule has 0 fully saturated rings. The summed E-state index contributed by atoms with van der Waals surface area (Å²) in [6, 6.07) is 3.81. The molecular formula is C13H14Cl2N2. The minimum Gasteiger partial charge on any atom is -0.270 e. The van der Waals surface area contributed by atoms with Gasteiger partial charge in [-0.2, -0.15) is 0 Å². The van der Waals surface area contributed by atoms with E-state index in [-0.39, 0.29) is 0 Å². The van der Waals surface area contributed by atoms with Crippen LogP contribution in [0.4, 0.5) is 0 Å². The van der Waals surface area contributed by atoms with Gasteiger partial charge in [-0.1, -0.05) is 49.2 Å². The number of rotatable bonds is 4. The predicted octanol–water partition coefficient (Wildman–Crippen LogP) is 4.82. The van der Waals surface area contributed by atoms with E-state index in [4.69, 9.17) is 23.2 Å². The van der Waals surface area contributed by atoms with Crippen LogP contribution in [-0.4, -0.2) is 13.4 Å². The van der Waals surface area contributed by atoms with Crippen LogP contribution in [0, 0.1) is 0 Å². The molecule has 0 unspecified atom stereocenters. The third-order valence-corrected chi connectivity index (χ3v) is 3.29. The molecule has 1 rings (SSSR count). The normalized spacial score (nSPS) is 11.7. The Labute approximate surface area is 112 Å². The van der Waals surface area contributed by atoms with Gasteiger partial charge in [-0.25, -0.2) is 0 Å². The van der Waals surface area contributed by atoms with Gasteiger partial charge in [0.2, 0.25) is 0 Å². The lowest BCUT2D eigenvalue weighted by atomic mass is 10.0. The molecule has 0 spiro atoms. The van der Waals surface area contributed by atoms with E-state index in [2.05, 4.69) is 37.3 Å². The summed E-state index contributed by atoms with van der Waals surface area (Å²) in [6.45, 7) is 11.0. The van der Waals surface area contributed by atoms with Crippen molar-refractivity contribution in [3.63, 3.8) is 0 Å². The number of halogens is 2. The molecule has 0 radical (unpaired) electrons. The van der Waals surface area contributed by atoms with E-state index in [0.29, 0.717) is 27.2 Å². The molecule has 2 nitrogen and oxygen atoms in total. The lowest BCUT2D eigenvalue weighted by Crippen LogP contribution is -1.93. The van der Waals surface area contributed by atoms with Crippen molar-refractivity contribution in [3.8, 4) is 0 Å². The predicted molar refractivity (Wildman–Crippen MR) is 77.6 cm³/mol. The Morgan fingerprint density at radius 3 is 2.35 bits per heavy atom. The van der Waals surface area contributed by atoms with Crippen molar-refractivity contribution in [2.24, 2.45) is 9.98 Å². The second kappa shape index (κ2) is 5.99. The smallest absolute Gasteiger partial charge is 0.0892 e. The molecule has 0 saturated carbocycles. The van der Waals surface area contributed by atoms with Crippen molar-refractivity contribution < 1.29 is 0 Å². The Kier molecular flexibility index (Phi) is 4.91. The summed E-state index contributed by atoms with van der Waals surface area (Å²) in [5, 5.41) is 1.03. The summed E-state index contributed by atoms with van der Waals surface area (Å²) >= 11 is 12.5. The first-order valence-corrected chi connectivity index (χ1v) is 5.89. The maximum absolute atomic E-state index is 6.23. The summed E-state index contributed by atoms with van der Waals surface area (Å²) in [5.74, 6) is 0.315. The van der Waals surface area contributed by atoms with Crippen molar-refractivity contribution in [1.82, 2.24) is 0 Å². The van der Waals surface area contributed by atoms with Crippen molar-refractivity contribution in [2.75, 3.05) is 0 Å². The minimum absolute atomic E-state index is 0.315. The SMILES string of the molecule is C=N/C=C(\N=C)c1ccc(C(C)C)c(Cl)c1Cl. The standard InChI is InChI=1S/C13H14Cl2N2/c1-8(2)9-5-6-10(13(15)12(9)14)11(17-4)7-16-3/h5-8H,3-4H2,1-2H3/b11-7-. The van der Waals surface area contributed by atoms with Crippen molar-refractivity contribution in [1.29, 1.82) is 0 Å². The molecule has 0 atom stereocenters. The molecule has 4 heteroatoms. The monoisotopic (exact) mass is 268 g/mol. The lowest BCUT2D eigenvalue weighted by molar-refractivity contribution is 0.867. The second-order valence-electron chi connectivity index (χ2n) is 3.84. The zero-order chi connectivity index (χ0) is 13.0. The van der Waals surface area contributed by atoms with Crippen LogP contribution in [-0.2, 0) is 0 Å². The van der Waals surface area contributed by atoms with E-state index in [1.807, 2.05) is 12.1 Å². The Morgan fingerprint density at radius 2 is 1.88 bits per heavy atom. The molecule has 0 aliphatic heterocycles. The molecule has 1 aromatic carbocycles. The van der Waals surface area contributed by atoms with Crippen LogP contribution in [0.1, 0.15) is 30.9 Å². The molecule has 0 bridgehead atoms. The number of benzene rings is 1. The van der Waals surface area contributed by atoms with Crippen LogP contribution in [0.2, 0.25) is 10.0 Å². The molecule has 90 valence electrons. The van der Waals surface area contributed by atoms with E-state index in [9.17, 15) is 0 Å². The summed E-state index contributed by atoms with van der Waals surface area (Å²) < 4.78 is 0. The summed E-state index contributed by atoms with van der Waals surface area (Å²) in [6.07, 6.45) is 1.50. The number of hydrogen-bond donors (Lipinski definition) is 0. The third kappa shape index (κ3) is 2.96. The maximum atomic E-state index is 6.23. The Hall–Kier alpha value is -1.12. The molecule has 0 amide bonds. The molecule has 0 aliphatic carbocycles. The molecule has 0 N–H and O–H groups in total. The number of nitrogens with zero attached hydrogens (tertiary/aromatic N) is 2. The summed E-state index contributed by atoms with van der Waals surface area (Å²) in [4.78, 5) is 7.52. The Balaban J connectivity index is 3.39. The van der Waals surface area contributed by atoms with Crippen LogP contribution in [0.3, 0.4) is 0 Å². The molecule has 0 aliphatic rings. The van der Waals surface area contributed by atoms with Gasteiger partial charge in [-0.05, 0) is 24.9 Å². The van der Waals surface area contributed by atoms with E-state index in [1.54, 1.807) is 0 Å². The first-order chi connectivity index (χ1) is 8.02. The van der Waals surface area contributed by atoms with Gasteiger partial charge in [0.05, 0.1) is 21.9 Å². The van der Waals surface area contributed by atoms with Crippen LogP contribution < -0.4 is 0 Å². The molecule has 0 saturated heterocycles. The number of aliphatic imine (C=N–C) groups is 2. The van der Waals surface area contributed by atoms with Crippen molar-refractivity contribution in [2.45, 2.75) is 19.8 Å². The third-order valence-electron chi connectivity index (χ3n) is 2.39. The second-order valence-corrected chi connectivity index (χ2v) is 4.60. The van der Waals surface area contributed by atoms with Crippen LogP contribution in [0.15, 0.2) is 28.3 Å². The topological polar surface area (TPSA) is 24.7 Å². The lowest BCUT2D eigenvalue weighted by Gasteiger charge is -2.12. The highest BCUT2D eigenvalue weighted by molar-refractivity contribution is 6.43. The zero-order valence-electron chi connectivity index (χ0n) is 9.87. The largest absolute Gasteiger partial charge is 0.270 e. The summed E-state index contributed by atoms with van der Waals surface area (Å²) in [5.41, 5.74) is 2.28. The minimum atomic E-state index is 0.315. The molecule has 17 heavy (non-hydrogen) atoms. The average Bonchev–Trinajstić information content (AvgIpc) is 2.29.